The summed E-state index contributed by atoms with van der Waals surface area (Å²) in [7, 11) is 0. The zero-order valence-corrected chi connectivity index (χ0v) is 6.89. The van der Waals surface area contributed by atoms with Crippen molar-refractivity contribution in [3.05, 3.63) is 29.3 Å². The van der Waals surface area contributed by atoms with E-state index in [2.05, 4.69) is 4.18 Å². The van der Waals surface area contributed by atoms with Gasteiger partial charge in [-0.3, -0.25) is 0 Å². The van der Waals surface area contributed by atoms with Crippen molar-refractivity contribution < 1.29 is 12.9 Å². The minimum atomic E-state index is -2.52. The van der Waals surface area contributed by atoms with Gasteiger partial charge < -0.3 is 4.18 Å². The first-order chi connectivity index (χ1) is 5.18. The Labute approximate surface area is 71.4 Å². The van der Waals surface area contributed by atoms with Crippen LogP contribution in [0.3, 0.4) is 0 Å². The van der Waals surface area contributed by atoms with Crippen molar-refractivity contribution in [1.82, 2.24) is 0 Å². The summed E-state index contributed by atoms with van der Waals surface area (Å²) in [6.07, 6.45) is 0. The summed E-state index contributed by atoms with van der Waals surface area (Å²) in [5.74, 6) is 0.253. The molecular weight excluding hydrogens is 188 g/mol. The summed E-state index contributed by atoms with van der Waals surface area (Å²) < 4.78 is 24.3. The van der Waals surface area contributed by atoms with Crippen molar-refractivity contribution in [2.45, 2.75) is 0 Å². The molecular formula is C6H4ClO3S. The Morgan fingerprint density at radius 1 is 1.27 bits per heavy atom. The summed E-state index contributed by atoms with van der Waals surface area (Å²) in [4.78, 5) is 0. The van der Waals surface area contributed by atoms with E-state index in [1.165, 1.54) is 12.1 Å². The van der Waals surface area contributed by atoms with Gasteiger partial charge in [-0.2, -0.15) is 4.21 Å². The van der Waals surface area contributed by atoms with Crippen LogP contribution in [0.1, 0.15) is 0 Å². The van der Waals surface area contributed by atoms with Gasteiger partial charge in [0.2, 0.25) is 0 Å². The molecule has 59 valence electrons. The lowest BCUT2D eigenvalue weighted by molar-refractivity contribution is 0.397. The standard InChI is InChI=1S/C6H4ClO3S/c7-5-1-3-6(4-2-5)10-11(8)9/h1-4H. The summed E-state index contributed by atoms with van der Waals surface area (Å²) in [6, 6.07) is 6.03. The Morgan fingerprint density at radius 3 is 2.27 bits per heavy atom. The van der Waals surface area contributed by atoms with Crippen molar-refractivity contribution in [3.8, 4) is 5.75 Å². The van der Waals surface area contributed by atoms with Gasteiger partial charge in [0.05, 0.1) is 0 Å². The summed E-state index contributed by atoms with van der Waals surface area (Å²) in [5.41, 5.74) is 0. The van der Waals surface area contributed by atoms with E-state index in [0.29, 0.717) is 5.02 Å². The third kappa shape index (κ3) is 2.88. The Kier molecular flexibility index (Phi) is 2.87. The van der Waals surface area contributed by atoms with Crippen molar-refractivity contribution in [2.75, 3.05) is 0 Å². The van der Waals surface area contributed by atoms with Crippen molar-refractivity contribution in [2.24, 2.45) is 0 Å². The van der Waals surface area contributed by atoms with E-state index in [4.69, 9.17) is 11.6 Å². The van der Waals surface area contributed by atoms with Crippen LogP contribution < -0.4 is 4.18 Å². The summed E-state index contributed by atoms with van der Waals surface area (Å²) in [5, 5.41) is 0.536. The molecule has 5 heteroatoms. The third-order valence-corrected chi connectivity index (χ3v) is 1.56. The monoisotopic (exact) mass is 191 g/mol. The summed E-state index contributed by atoms with van der Waals surface area (Å²) >= 11 is 3.02. The fraction of sp³-hybridized carbons (Fsp3) is 0. The van der Waals surface area contributed by atoms with Crippen LogP contribution in [0.4, 0.5) is 0 Å². The molecule has 0 saturated heterocycles. The van der Waals surface area contributed by atoms with Gasteiger partial charge in [-0.1, -0.05) is 16.2 Å². The molecule has 1 aromatic carbocycles. The van der Waals surface area contributed by atoms with Crippen LogP contribution in [0.15, 0.2) is 24.3 Å². The minimum absolute atomic E-state index is 0.253. The molecule has 0 N–H and O–H groups in total. The van der Waals surface area contributed by atoms with Crippen LogP contribution in [0.25, 0.3) is 0 Å². The van der Waals surface area contributed by atoms with Gasteiger partial charge in [0.25, 0.3) is 0 Å². The molecule has 0 heterocycles. The van der Waals surface area contributed by atoms with Crippen LogP contribution in [0, 0.1) is 0 Å². The number of rotatable bonds is 2. The third-order valence-electron chi connectivity index (χ3n) is 0.978. The molecule has 0 aliphatic heterocycles. The van der Waals surface area contributed by atoms with E-state index in [0.717, 1.165) is 0 Å². The Morgan fingerprint density at radius 2 is 1.82 bits per heavy atom. The smallest absolute Gasteiger partial charge is 0.378 e. The average molecular weight is 192 g/mol. The van der Waals surface area contributed by atoms with Crippen molar-refractivity contribution in [3.63, 3.8) is 0 Å². The van der Waals surface area contributed by atoms with Crippen LogP contribution >= 0.6 is 11.6 Å². The average Bonchev–Trinajstić information content (AvgIpc) is 1.93. The maximum atomic E-state index is 10.00. The summed E-state index contributed by atoms with van der Waals surface area (Å²) in [6.45, 7) is 0. The normalized spacial score (nSPS) is 12.5. The first-order valence-electron chi connectivity index (χ1n) is 2.71. The fourth-order valence-electron chi connectivity index (χ4n) is 0.569. The van der Waals surface area contributed by atoms with Crippen molar-refractivity contribution in [1.29, 1.82) is 0 Å². The van der Waals surface area contributed by atoms with Gasteiger partial charge in [-0.05, 0) is 24.3 Å². The molecule has 1 unspecified atom stereocenters. The molecule has 1 aromatic rings. The molecule has 0 amide bonds. The quantitative estimate of drug-likeness (QED) is 0.715. The first kappa shape index (κ1) is 8.52. The lowest BCUT2D eigenvalue weighted by atomic mass is 10.3. The predicted molar refractivity (Wildman–Crippen MR) is 40.9 cm³/mol. The van der Waals surface area contributed by atoms with Crippen LogP contribution in [0.5, 0.6) is 5.75 Å². The van der Waals surface area contributed by atoms with Gasteiger partial charge in [-0.25, -0.2) is 0 Å². The van der Waals surface area contributed by atoms with E-state index >= 15 is 0 Å². The minimum Gasteiger partial charge on any atom is -0.378 e. The second-order valence-electron chi connectivity index (χ2n) is 1.74. The maximum absolute atomic E-state index is 10.00. The van der Waals surface area contributed by atoms with E-state index in [1.54, 1.807) is 12.1 Å². The molecule has 0 bridgehead atoms. The highest BCUT2D eigenvalue weighted by atomic mass is 35.5. The topological polar surface area (TPSA) is 46.2 Å². The number of hydrogen-bond donors (Lipinski definition) is 0. The predicted octanol–water partition coefficient (Wildman–Crippen LogP) is 1.73. The lowest BCUT2D eigenvalue weighted by Crippen LogP contribution is -1.94. The van der Waals surface area contributed by atoms with E-state index in [9.17, 15) is 8.76 Å². The molecule has 0 spiro atoms. The van der Waals surface area contributed by atoms with E-state index < -0.39 is 11.4 Å². The zero-order valence-electron chi connectivity index (χ0n) is 5.32. The molecule has 0 fully saturated rings. The number of halogens is 1. The zero-order chi connectivity index (χ0) is 8.27. The molecule has 0 saturated carbocycles. The van der Waals surface area contributed by atoms with Gasteiger partial charge in [0.1, 0.15) is 5.75 Å². The van der Waals surface area contributed by atoms with Crippen LogP contribution in [-0.4, -0.2) is 4.21 Å². The SMILES string of the molecule is [O]S(=O)Oc1ccc(Cl)cc1. The molecule has 1 atom stereocenters. The van der Waals surface area contributed by atoms with Crippen molar-refractivity contribution >= 4 is 23.0 Å². The number of benzene rings is 1. The van der Waals surface area contributed by atoms with Gasteiger partial charge in [0.15, 0.2) is 0 Å². The largest absolute Gasteiger partial charge is 0.390 e. The Bertz CT molecular complexity index is 259. The number of hydrogen-bond acceptors (Lipinski definition) is 2. The molecule has 11 heavy (non-hydrogen) atoms. The molecule has 1 rings (SSSR count). The Balaban J connectivity index is 2.74. The molecule has 0 aromatic heterocycles. The van der Waals surface area contributed by atoms with Gasteiger partial charge in [-0.15, -0.1) is 0 Å². The highest BCUT2D eigenvalue weighted by Gasteiger charge is 1.97. The molecule has 0 aliphatic rings. The van der Waals surface area contributed by atoms with E-state index in [1.807, 2.05) is 0 Å². The second-order valence-corrected chi connectivity index (χ2v) is 2.75. The van der Waals surface area contributed by atoms with Crippen LogP contribution in [0.2, 0.25) is 5.02 Å². The van der Waals surface area contributed by atoms with Gasteiger partial charge in [0, 0.05) is 5.02 Å². The van der Waals surface area contributed by atoms with E-state index in [-0.39, 0.29) is 5.75 Å². The first-order valence-corrected chi connectivity index (χ1v) is 4.09. The van der Waals surface area contributed by atoms with Gasteiger partial charge >= 0.3 is 11.4 Å². The fourth-order valence-corrected chi connectivity index (χ4v) is 0.963. The maximum Gasteiger partial charge on any atom is 0.390 e. The molecule has 1 radical (unpaired) electrons. The Hall–Kier alpha value is -0.580. The van der Waals surface area contributed by atoms with Crippen LogP contribution in [-0.2, 0) is 15.9 Å². The molecule has 0 aliphatic carbocycles. The highest BCUT2D eigenvalue weighted by molar-refractivity contribution is 7.74. The highest BCUT2D eigenvalue weighted by Crippen LogP contribution is 2.15. The molecule has 3 nitrogen and oxygen atoms in total. The lowest BCUT2D eigenvalue weighted by Gasteiger charge is -1.96. The second kappa shape index (κ2) is 3.71.